The Kier molecular flexibility index (Phi) is 4.53. The summed E-state index contributed by atoms with van der Waals surface area (Å²) in [5.41, 5.74) is 0. The molecule has 0 bridgehead atoms. The second-order valence-electron chi connectivity index (χ2n) is 3.60. The molecule has 0 aromatic rings. The first-order chi connectivity index (χ1) is 6.20. The van der Waals surface area contributed by atoms with E-state index in [-0.39, 0.29) is 5.91 Å². The largest absolute Gasteiger partial charge is 0.356 e. The first-order valence-corrected chi connectivity index (χ1v) is 5.18. The van der Waals surface area contributed by atoms with Crippen molar-refractivity contribution in [1.82, 2.24) is 9.74 Å². The number of carbonyl (C=O) groups excluding carboxylic acids is 1. The number of amides is 1. The molecule has 1 N–H and O–H groups in total. The predicted octanol–water partition coefficient (Wildman–Crippen LogP) is 1.38. The maximum atomic E-state index is 11.3. The maximum Gasteiger partial charge on any atom is 0.223 e. The normalized spacial score (nSPS) is 17.2. The van der Waals surface area contributed by atoms with Gasteiger partial charge in [-0.25, -0.2) is 4.42 Å². The fourth-order valence-corrected chi connectivity index (χ4v) is 1.44. The number of hydrogen-bond donors (Lipinski definition) is 1. The fourth-order valence-electron chi connectivity index (χ4n) is 1.32. The van der Waals surface area contributed by atoms with Gasteiger partial charge in [0.25, 0.3) is 0 Å². The quantitative estimate of drug-likeness (QED) is 0.542. The molecule has 1 rings (SSSR count). The molecule has 0 aliphatic heterocycles. The average molecular weight is 205 g/mol. The summed E-state index contributed by atoms with van der Waals surface area (Å²) in [6.07, 6.45) is 4.27. The van der Waals surface area contributed by atoms with Gasteiger partial charge >= 0.3 is 0 Å². The Hall–Kier alpha value is -0.280. The zero-order valence-electron chi connectivity index (χ0n) is 8.05. The Morgan fingerprint density at radius 3 is 2.77 bits per heavy atom. The summed E-state index contributed by atoms with van der Waals surface area (Å²) < 4.78 is 1.61. The van der Waals surface area contributed by atoms with Gasteiger partial charge < -0.3 is 5.32 Å². The molecule has 1 saturated carbocycles. The molecule has 0 aromatic heterocycles. The molecule has 1 amide bonds. The molecule has 1 fully saturated rings. The highest BCUT2D eigenvalue weighted by molar-refractivity contribution is 6.13. The Morgan fingerprint density at radius 1 is 1.62 bits per heavy atom. The van der Waals surface area contributed by atoms with Crippen LogP contribution in [-0.4, -0.2) is 30.5 Å². The molecule has 0 aromatic carbocycles. The topological polar surface area (TPSA) is 32.3 Å². The summed E-state index contributed by atoms with van der Waals surface area (Å²) in [6.45, 7) is 1.55. The van der Waals surface area contributed by atoms with Crippen LogP contribution in [0.4, 0.5) is 0 Å². The van der Waals surface area contributed by atoms with Crippen LogP contribution in [0.3, 0.4) is 0 Å². The van der Waals surface area contributed by atoms with Crippen molar-refractivity contribution >= 4 is 17.7 Å². The zero-order valence-corrected chi connectivity index (χ0v) is 8.81. The minimum absolute atomic E-state index is 0.225. The number of carbonyl (C=O) groups is 1. The van der Waals surface area contributed by atoms with Crippen molar-refractivity contribution in [2.45, 2.75) is 25.7 Å². The van der Waals surface area contributed by atoms with Gasteiger partial charge in [0.05, 0.1) is 0 Å². The van der Waals surface area contributed by atoms with Gasteiger partial charge in [0.1, 0.15) is 0 Å². The van der Waals surface area contributed by atoms with Gasteiger partial charge in [-0.1, -0.05) is 6.42 Å². The average Bonchev–Trinajstić information content (AvgIpc) is 1.94. The second kappa shape index (κ2) is 5.45. The highest BCUT2D eigenvalue weighted by atomic mass is 35.5. The van der Waals surface area contributed by atoms with Crippen molar-refractivity contribution in [2.75, 3.05) is 20.1 Å². The van der Waals surface area contributed by atoms with Crippen LogP contribution in [0.15, 0.2) is 0 Å². The minimum atomic E-state index is 0.225. The molecule has 1 aliphatic rings. The highest BCUT2D eigenvalue weighted by Crippen LogP contribution is 2.25. The van der Waals surface area contributed by atoms with Gasteiger partial charge in [-0.05, 0) is 31.0 Å². The van der Waals surface area contributed by atoms with E-state index in [2.05, 4.69) is 5.32 Å². The summed E-state index contributed by atoms with van der Waals surface area (Å²) in [5.74, 6) is 0.525. The molecular weight excluding hydrogens is 188 g/mol. The molecule has 0 spiro atoms. The van der Waals surface area contributed by atoms with Crippen LogP contribution < -0.4 is 5.32 Å². The fraction of sp³-hybridized carbons (Fsp3) is 0.889. The lowest BCUT2D eigenvalue weighted by atomic mass is 9.85. The van der Waals surface area contributed by atoms with Crippen molar-refractivity contribution in [3.8, 4) is 0 Å². The predicted molar refractivity (Wildman–Crippen MR) is 53.5 cm³/mol. The van der Waals surface area contributed by atoms with Crippen LogP contribution in [0.5, 0.6) is 0 Å². The molecule has 0 radical (unpaired) electrons. The van der Waals surface area contributed by atoms with Gasteiger partial charge in [0, 0.05) is 26.1 Å². The van der Waals surface area contributed by atoms with E-state index in [1.807, 2.05) is 7.05 Å². The van der Waals surface area contributed by atoms with E-state index in [4.69, 9.17) is 11.8 Å². The van der Waals surface area contributed by atoms with Gasteiger partial charge in [-0.2, -0.15) is 0 Å². The van der Waals surface area contributed by atoms with Crippen molar-refractivity contribution in [3.63, 3.8) is 0 Å². The molecule has 0 heterocycles. The van der Waals surface area contributed by atoms with Crippen LogP contribution in [0.2, 0.25) is 0 Å². The van der Waals surface area contributed by atoms with E-state index in [1.54, 1.807) is 4.42 Å². The van der Waals surface area contributed by atoms with Crippen molar-refractivity contribution in [3.05, 3.63) is 0 Å². The number of nitrogens with zero attached hydrogens (tertiary/aromatic N) is 1. The second-order valence-corrected chi connectivity index (χ2v) is 4.18. The Labute approximate surface area is 84.5 Å². The number of nitrogens with one attached hydrogen (secondary N) is 1. The summed E-state index contributed by atoms with van der Waals surface area (Å²) in [4.78, 5) is 11.3. The van der Waals surface area contributed by atoms with Crippen molar-refractivity contribution < 1.29 is 4.79 Å². The van der Waals surface area contributed by atoms with Crippen LogP contribution in [0.25, 0.3) is 0 Å². The third-order valence-electron chi connectivity index (χ3n) is 2.42. The molecule has 4 heteroatoms. The lowest BCUT2D eigenvalue weighted by molar-refractivity contribution is -0.127. The first-order valence-electron chi connectivity index (χ1n) is 4.85. The van der Waals surface area contributed by atoms with Crippen LogP contribution >= 0.6 is 11.8 Å². The van der Waals surface area contributed by atoms with E-state index < -0.39 is 0 Å². The monoisotopic (exact) mass is 204 g/mol. The Morgan fingerprint density at radius 2 is 2.31 bits per heavy atom. The van der Waals surface area contributed by atoms with Gasteiger partial charge in [0.2, 0.25) is 5.91 Å². The lowest BCUT2D eigenvalue weighted by Gasteiger charge is -2.24. The molecule has 0 unspecified atom stereocenters. The number of halogens is 1. The maximum absolute atomic E-state index is 11.3. The Bertz CT molecular complexity index is 169. The number of hydrogen-bond acceptors (Lipinski definition) is 2. The summed E-state index contributed by atoms with van der Waals surface area (Å²) in [5, 5.41) is 2.92. The SMILES string of the molecule is CN(Cl)CCCNC(=O)C1CCC1. The van der Waals surface area contributed by atoms with Crippen molar-refractivity contribution in [1.29, 1.82) is 0 Å². The van der Waals surface area contributed by atoms with E-state index in [0.29, 0.717) is 5.92 Å². The van der Waals surface area contributed by atoms with E-state index in [1.165, 1.54) is 6.42 Å². The van der Waals surface area contributed by atoms with Gasteiger partial charge in [-0.3, -0.25) is 4.79 Å². The van der Waals surface area contributed by atoms with E-state index >= 15 is 0 Å². The smallest absolute Gasteiger partial charge is 0.223 e. The zero-order chi connectivity index (χ0) is 9.68. The molecule has 1 aliphatic carbocycles. The molecule has 76 valence electrons. The molecular formula is C9H17ClN2O. The summed E-state index contributed by atoms with van der Waals surface area (Å²) in [7, 11) is 1.81. The van der Waals surface area contributed by atoms with E-state index in [0.717, 1.165) is 32.4 Å². The standard InChI is InChI=1S/C9H17ClN2O/c1-12(10)7-3-6-11-9(13)8-4-2-5-8/h8H,2-7H2,1H3,(H,11,13). The van der Waals surface area contributed by atoms with Crippen LogP contribution in [0.1, 0.15) is 25.7 Å². The van der Waals surface area contributed by atoms with Gasteiger partial charge in [0.15, 0.2) is 0 Å². The Balaban J connectivity index is 1.95. The summed E-state index contributed by atoms with van der Waals surface area (Å²) >= 11 is 5.61. The van der Waals surface area contributed by atoms with Crippen LogP contribution in [-0.2, 0) is 4.79 Å². The highest BCUT2D eigenvalue weighted by Gasteiger charge is 2.24. The third kappa shape index (κ3) is 3.96. The number of rotatable bonds is 5. The lowest BCUT2D eigenvalue weighted by Crippen LogP contribution is -2.35. The molecule has 0 atom stereocenters. The first kappa shape index (κ1) is 10.8. The molecule has 3 nitrogen and oxygen atoms in total. The molecule has 13 heavy (non-hydrogen) atoms. The van der Waals surface area contributed by atoms with E-state index in [9.17, 15) is 4.79 Å². The van der Waals surface area contributed by atoms with Crippen molar-refractivity contribution in [2.24, 2.45) is 5.92 Å². The van der Waals surface area contributed by atoms with Crippen LogP contribution in [0, 0.1) is 5.92 Å². The minimum Gasteiger partial charge on any atom is -0.356 e. The van der Waals surface area contributed by atoms with Gasteiger partial charge in [-0.15, -0.1) is 0 Å². The summed E-state index contributed by atoms with van der Waals surface area (Å²) in [6, 6.07) is 0. The molecule has 0 saturated heterocycles. The third-order valence-corrected chi connectivity index (χ3v) is 2.59.